The van der Waals surface area contributed by atoms with Gasteiger partial charge in [0.2, 0.25) is 5.91 Å². The van der Waals surface area contributed by atoms with Gasteiger partial charge in [-0.15, -0.1) is 11.8 Å². The third-order valence-electron chi connectivity index (χ3n) is 2.99. The number of amides is 1. The van der Waals surface area contributed by atoms with Crippen molar-refractivity contribution in [2.75, 3.05) is 24.7 Å². The maximum absolute atomic E-state index is 11.7. The van der Waals surface area contributed by atoms with Crippen molar-refractivity contribution in [2.45, 2.75) is 17.9 Å². The first-order chi connectivity index (χ1) is 8.65. The van der Waals surface area contributed by atoms with Gasteiger partial charge in [0.1, 0.15) is 6.04 Å². The Balaban J connectivity index is 2.10. The van der Waals surface area contributed by atoms with E-state index >= 15 is 0 Å². The molecule has 2 atom stereocenters. The molecule has 1 aromatic rings. The van der Waals surface area contributed by atoms with E-state index in [0.29, 0.717) is 0 Å². The largest absolute Gasteiger partial charge is 0.396 e. The van der Waals surface area contributed by atoms with E-state index in [1.54, 1.807) is 18.8 Å². The van der Waals surface area contributed by atoms with Crippen LogP contribution in [0.4, 0.5) is 5.69 Å². The quantitative estimate of drug-likeness (QED) is 0.709. The lowest BCUT2D eigenvalue weighted by molar-refractivity contribution is -0.117. The Hall–Kier alpha value is -1.04. The lowest BCUT2D eigenvalue weighted by Crippen LogP contribution is -2.23. The summed E-state index contributed by atoms with van der Waals surface area (Å²) in [6, 6.07) is 5.77. The molecular formula is C13H18N2O2S. The second-order valence-corrected chi connectivity index (χ2v) is 5.65. The molecule has 98 valence electrons. The molecule has 0 fully saturated rings. The standard InChI is InChI=1S/C13H18N2O2S/c1-8(6-16)7-18-9-3-4-10-11(5-9)15-13(17)12(10)14-2/h3-5,8,12,14,16H,6-7H2,1-2H3,(H,15,17). The Morgan fingerprint density at radius 2 is 2.33 bits per heavy atom. The van der Waals surface area contributed by atoms with Crippen molar-refractivity contribution in [1.29, 1.82) is 0 Å². The molecule has 1 aromatic carbocycles. The van der Waals surface area contributed by atoms with Gasteiger partial charge in [-0.3, -0.25) is 4.79 Å². The first kappa shape index (κ1) is 13.4. The summed E-state index contributed by atoms with van der Waals surface area (Å²) in [7, 11) is 1.78. The summed E-state index contributed by atoms with van der Waals surface area (Å²) in [5.74, 6) is 1.15. The van der Waals surface area contributed by atoms with Crippen molar-refractivity contribution >= 4 is 23.4 Å². The van der Waals surface area contributed by atoms with Crippen LogP contribution in [0.25, 0.3) is 0 Å². The van der Waals surface area contributed by atoms with Crippen LogP contribution in [0.5, 0.6) is 0 Å². The average Bonchev–Trinajstić information content (AvgIpc) is 2.70. The van der Waals surface area contributed by atoms with Crippen molar-refractivity contribution in [1.82, 2.24) is 5.32 Å². The fourth-order valence-corrected chi connectivity index (χ4v) is 2.86. The van der Waals surface area contributed by atoms with E-state index in [0.717, 1.165) is 21.9 Å². The van der Waals surface area contributed by atoms with Crippen LogP contribution in [0.3, 0.4) is 0 Å². The highest BCUT2D eigenvalue weighted by Crippen LogP contribution is 2.34. The summed E-state index contributed by atoms with van der Waals surface area (Å²) < 4.78 is 0. The van der Waals surface area contributed by atoms with E-state index in [2.05, 4.69) is 10.6 Å². The highest BCUT2D eigenvalue weighted by atomic mass is 32.2. The van der Waals surface area contributed by atoms with Crippen LogP contribution in [0.2, 0.25) is 0 Å². The monoisotopic (exact) mass is 266 g/mol. The Labute approximate surface area is 111 Å². The first-order valence-corrected chi connectivity index (χ1v) is 7.00. The minimum Gasteiger partial charge on any atom is -0.396 e. The predicted molar refractivity (Wildman–Crippen MR) is 73.8 cm³/mol. The number of nitrogens with one attached hydrogen (secondary N) is 2. The number of fused-ring (bicyclic) bond motifs is 1. The van der Waals surface area contributed by atoms with Crippen LogP contribution in [0, 0.1) is 5.92 Å². The SMILES string of the molecule is CNC1C(=O)Nc2cc(SCC(C)CO)ccc21. The molecule has 1 aliphatic rings. The second-order valence-electron chi connectivity index (χ2n) is 4.56. The zero-order valence-corrected chi connectivity index (χ0v) is 11.4. The summed E-state index contributed by atoms with van der Waals surface area (Å²) >= 11 is 1.70. The molecule has 2 rings (SSSR count). The van der Waals surface area contributed by atoms with Crippen LogP contribution in [-0.4, -0.2) is 30.4 Å². The average molecular weight is 266 g/mol. The van der Waals surface area contributed by atoms with Gasteiger partial charge in [-0.25, -0.2) is 0 Å². The molecule has 1 aliphatic heterocycles. The molecule has 0 spiro atoms. The van der Waals surface area contributed by atoms with Gasteiger partial charge in [0.05, 0.1) is 0 Å². The Bertz CT molecular complexity index is 451. The van der Waals surface area contributed by atoms with E-state index < -0.39 is 0 Å². The molecule has 0 saturated carbocycles. The van der Waals surface area contributed by atoms with Gasteiger partial charge in [-0.1, -0.05) is 13.0 Å². The molecule has 0 aromatic heterocycles. The van der Waals surface area contributed by atoms with Gasteiger partial charge in [-0.05, 0) is 25.1 Å². The number of carbonyl (C=O) groups excluding carboxylic acids is 1. The van der Waals surface area contributed by atoms with E-state index in [9.17, 15) is 4.79 Å². The van der Waals surface area contributed by atoms with Gasteiger partial charge < -0.3 is 15.7 Å². The van der Waals surface area contributed by atoms with E-state index in [4.69, 9.17) is 5.11 Å². The van der Waals surface area contributed by atoms with Gasteiger partial charge >= 0.3 is 0 Å². The Morgan fingerprint density at radius 3 is 3.00 bits per heavy atom. The molecule has 2 unspecified atom stereocenters. The predicted octanol–water partition coefficient (Wildman–Crippen LogP) is 1.62. The van der Waals surface area contributed by atoms with Gasteiger partial charge in [-0.2, -0.15) is 0 Å². The van der Waals surface area contributed by atoms with Crippen molar-refractivity contribution in [3.05, 3.63) is 23.8 Å². The van der Waals surface area contributed by atoms with E-state index in [1.165, 1.54) is 0 Å². The number of benzene rings is 1. The number of likely N-dealkylation sites (N-methyl/N-ethyl adjacent to an activating group) is 1. The maximum atomic E-state index is 11.7. The Kier molecular flexibility index (Phi) is 4.27. The normalized spacial score (nSPS) is 19.5. The van der Waals surface area contributed by atoms with E-state index in [1.807, 2.05) is 25.1 Å². The summed E-state index contributed by atoms with van der Waals surface area (Å²) in [6.45, 7) is 2.22. The number of hydrogen-bond donors (Lipinski definition) is 3. The molecule has 3 N–H and O–H groups in total. The van der Waals surface area contributed by atoms with Crippen molar-refractivity contribution in [3.63, 3.8) is 0 Å². The molecular weight excluding hydrogens is 248 g/mol. The van der Waals surface area contributed by atoms with Crippen LogP contribution < -0.4 is 10.6 Å². The van der Waals surface area contributed by atoms with Crippen LogP contribution in [-0.2, 0) is 4.79 Å². The molecule has 1 amide bonds. The Morgan fingerprint density at radius 1 is 1.56 bits per heavy atom. The second kappa shape index (κ2) is 5.73. The number of hydrogen-bond acceptors (Lipinski definition) is 4. The number of carbonyl (C=O) groups is 1. The molecule has 18 heavy (non-hydrogen) atoms. The summed E-state index contributed by atoms with van der Waals surface area (Å²) in [5.41, 5.74) is 1.89. The van der Waals surface area contributed by atoms with Crippen molar-refractivity contribution in [3.8, 4) is 0 Å². The molecule has 4 nitrogen and oxygen atoms in total. The third-order valence-corrected chi connectivity index (χ3v) is 4.31. The smallest absolute Gasteiger partial charge is 0.246 e. The molecule has 0 aliphatic carbocycles. The number of rotatable bonds is 5. The van der Waals surface area contributed by atoms with Crippen LogP contribution in [0.15, 0.2) is 23.1 Å². The highest BCUT2D eigenvalue weighted by Gasteiger charge is 2.28. The van der Waals surface area contributed by atoms with Gasteiger partial charge in [0.25, 0.3) is 0 Å². The highest BCUT2D eigenvalue weighted by molar-refractivity contribution is 7.99. The maximum Gasteiger partial charge on any atom is 0.246 e. The lowest BCUT2D eigenvalue weighted by atomic mass is 10.1. The fraction of sp³-hybridized carbons (Fsp3) is 0.462. The molecule has 5 heteroatoms. The number of aliphatic hydroxyl groups is 1. The third kappa shape index (κ3) is 2.68. The summed E-state index contributed by atoms with van der Waals surface area (Å²) in [6.07, 6.45) is 0. The lowest BCUT2D eigenvalue weighted by Gasteiger charge is -2.09. The minimum atomic E-state index is -0.240. The molecule has 0 saturated heterocycles. The molecule has 1 heterocycles. The number of anilines is 1. The van der Waals surface area contributed by atoms with Crippen molar-refractivity contribution < 1.29 is 9.90 Å². The minimum absolute atomic E-state index is 0.00150. The van der Waals surface area contributed by atoms with Crippen molar-refractivity contribution in [2.24, 2.45) is 5.92 Å². The number of thioether (sulfide) groups is 1. The summed E-state index contributed by atoms with van der Waals surface area (Å²) in [4.78, 5) is 12.8. The van der Waals surface area contributed by atoms with Gasteiger partial charge in [0, 0.05) is 28.5 Å². The summed E-state index contributed by atoms with van der Waals surface area (Å²) in [5, 5.41) is 14.9. The van der Waals surface area contributed by atoms with Gasteiger partial charge in [0.15, 0.2) is 0 Å². The van der Waals surface area contributed by atoms with Crippen LogP contribution in [0.1, 0.15) is 18.5 Å². The van der Waals surface area contributed by atoms with E-state index in [-0.39, 0.29) is 24.5 Å². The fourth-order valence-electron chi connectivity index (χ4n) is 1.91. The topological polar surface area (TPSA) is 61.4 Å². The molecule has 0 radical (unpaired) electrons. The zero-order valence-electron chi connectivity index (χ0n) is 10.6. The number of aliphatic hydroxyl groups excluding tert-OH is 1. The van der Waals surface area contributed by atoms with Crippen LogP contribution >= 0.6 is 11.8 Å². The molecule has 0 bridgehead atoms. The first-order valence-electron chi connectivity index (χ1n) is 6.01. The zero-order chi connectivity index (χ0) is 13.1.